The second kappa shape index (κ2) is 5.79. The summed E-state index contributed by atoms with van der Waals surface area (Å²) in [6.45, 7) is 2.92. The zero-order valence-electron chi connectivity index (χ0n) is 11.9. The van der Waals surface area contributed by atoms with Crippen LogP contribution in [0.1, 0.15) is 23.3 Å². The van der Waals surface area contributed by atoms with E-state index in [4.69, 9.17) is 21.1 Å². The van der Waals surface area contributed by atoms with Gasteiger partial charge < -0.3 is 19.7 Å². The third kappa shape index (κ3) is 2.84. The van der Waals surface area contributed by atoms with Crippen molar-refractivity contribution in [1.82, 2.24) is 10.3 Å². The molecule has 1 aromatic rings. The first-order valence-electron chi connectivity index (χ1n) is 7.05. The van der Waals surface area contributed by atoms with Crippen LogP contribution in [0.3, 0.4) is 0 Å². The third-order valence-electron chi connectivity index (χ3n) is 3.97. The number of carbonyl (C=O) groups excluding carboxylic acids is 1. The number of pyridine rings is 1. The number of hydrogen-bond donors (Lipinski definition) is 1. The Morgan fingerprint density at radius 3 is 2.57 bits per heavy atom. The number of nitrogens with one attached hydrogen (secondary N) is 1. The maximum Gasteiger partial charge on any atom is 0.269 e. The van der Waals surface area contributed by atoms with E-state index in [2.05, 4.69) is 15.2 Å². The van der Waals surface area contributed by atoms with Crippen LogP contribution in [0, 0.1) is 0 Å². The number of anilines is 1. The first-order chi connectivity index (χ1) is 10.1. The molecule has 1 spiro atoms. The van der Waals surface area contributed by atoms with Crippen LogP contribution in [0.25, 0.3) is 0 Å². The molecule has 2 saturated heterocycles. The van der Waals surface area contributed by atoms with Crippen molar-refractivity contribution in [3.05, 3.63) is 23.0 Å². The molecule has 1 N–H and O–H groups in total. The molecule has 0 saturated carbocycles. The molecule has 114 valence electrons. The van der Waals surface area contributed by atoms with E-state index in [0.717, 1.165) is 31.6 Å². The smallest absolute Gasteiger partial charge is 0.269 e. The van der Waals surface area contributed by atoms with E-state index >= 15 is 0 Å². The summed E-state index contributed by atoms with van der Waals surface area (Å²) in [4.78, 5) is 17.9. The van der Waals surface area contributed by atoms with Crippen molar-refractivity contribution in [1.29, 1.82) is 0 Å². The lowest BCUT2D eigenvalue weighted by Gasteiger charge is -2.38. The molecule has 2 aliphatic heterocycles. The Hall–Kier alpha value is -1.37. The highest BCUT2D eigenvalue weighted by Gasteiger charge is 2.40. The fraction of sp³-hybridized carbons (Fsp3) is 0.571. The number of ether oxygens (including phenoxy) is 2. The Morgan fingerprint density at radius 2 is 2.00 bits per heavy atom. The van der Waals surface area contributed by atoms with E-state index in [1.165, 1.54) is 0 Å². The van der Waals surface area contributed by atoms with E-state index in [-0.39, 0.29) is 5.91 Å². The van der Waals surface area contributed by atoms with Gasteiger partial charge in [0.2, 0.25) is 0 Å². The quantitative estimate of drug-likeness (QED) is 0.837. The SMILES string of the molecule is CNC(=O)c1ccc(N2CCC3(CC2)OCCO3)c(Cl)n1. The predicted octanol–water partition coefficient (Wildman–Crippen LogP) is 1.44. The van der Waals surface area contributed by atoms with Crippen LogP contribution in [-0.4, -0.2) is 50.0 Å². The molecule has 1 aromatic heterocycles. The van der Waals surface area contributed by atoms with Gasteiger partial charge in [0, 0.05) is 33.0 Å². The van der Waals surface area contributed by atoms with Crippen molar-refractivity contribution in [3.8, 4) is 0 Å². The van der Waals surface area contributed by atoms with Crippen LogP contribution >= 0.6 is 11.6 Å². The van der Waals surface area contributed by atoms with E-state index in [9.17, 15) is 4.79 Å². The fourth-order valence-corrected chi connectivity index (χ4v) is 3.06. The Labute approximate surface area is 128 Å². The summed E-state index contributed by atoms with van der Waals surface area (Å²) in [6, 6.07) is 3.53. The topological polar surface area (TPSA) is 63.7 Å². The maximum absolute atomic E-state index is 11.5. The summed E-state index contributed by atoms with van der Waals surface area (Å²) >= 11 is 6.22. The Morgan fingerprint density at radius 1 is 1.33 bits per heavy atom. The van der Waals surface area contributed by atoms with Crippen LogP contribution in [-0.2, 0) is 9.47 Å². The minimum absolute atomic E-state index is 0.242. The summed E-state index contributed by atoms with van der Waals surface area (Å²) < 4.78 is 11.4. The first kappa shape index (κ1) is 14.6. The first-order valence-corrected chi connectivity index (χ1v) is 7.43. The number of carbonyl (C=O) groups is 1. The molecule has 3 heterocycles. The molecule has 3 rings (SSSR count). The fourth-order valence-electron chi connectivity index (χ4n) is 2.79. The number of aromatic nitrogens is 1. The Kier molecular flexibility index (Phi) is 4.01. The van der Waals surface area contributed by atoms with Gasteiger partial charge in [0.1, 0.15) is 5.69 Å². The van der Waals surface area contributed by atoms with Gasteiger partial charge in [-0.2, -0.15) is 0 Å². The normalized spacial score (nSPS) is 20.8. The molecule has 2 fully saturated rings. The molecule has 0 aliphatic carbocycles. The van der Waals surface area contributed by atoms with Crippen molar-refractivity contribution < 1.29 is 14.3 Å². The van der Waals surface area contributed by atoms with Crippen LogP contribution in [0.5, 0.6) is 0 Å². The number of halogens is 1. The lowest BCUT2D eigenvalue weighted by Crippen LogP contribution is -2.45. The highest BCUT2D eigenvalue weighted by molar-refractivity contribution is 6.32. The summed E-state index contributed by atoms with van der Waals surface area (Å²) in [5, 5.41) is 2.88. The average molecular weight is 312 g/mol. The van der Waals surface area contributed by atoms with Gasteiger partial charge in [0.25, 0.3) is 5.91 Å². The van der Waals surface area contributed by atoms with Crippen LogP contribution in [0.15, 0.2) is 12.1 Å². The molecule has 1 amide bonds. The summed E-state index contributed by atoms with van der Waals surface area (Å²) in [6.07, 6.45) is 1.61. The number of nitrogens with zero attached hydrogens (tertiary/aromatic N) is 2. The number of hydrogen-bond acceptors (Lipinski definition) is 5. The van der Waals surface area contributed by atoms with Gasteiger partial charge in [0.15, 0.2) is 10.9 Å². The van der Waals surface area contributed by atoms with Gasteiger partial charge >= 0.3 is 0 Å². The summed E-state index contributed by atoms with van der Waals surface area (Å²) in [5.74, 6) is -0.646. The minimum Gasteiger partial charge on any atom is -0.369 e. The van der Waals surface area contributed by atoms with Crippen molar-refractivity contribution in [3.63, 3.8) is 0 Å². The van der Waals surface area contributed by atoms with Gasteiger partial charge in [-0.3, -0.25) is 4.79 Å². The standard InChI is InChI=1S/C14H18ClN3O3/c1-16-13(19)10-2-3-11(12(15)17-10)18-6-4-14(5-7-18)20-8-9-21-14/h2-3H,4-9H2,1H3,(H,16,19). The summed E-state index contributed by atoms with van der Waals surface area (Å²) in [5.41, 5.74) is 1.17. The molecule has 7 heteroatoms. The average Bonchev–Trinajstić information content (AvgIpc) is 2.96. The maximum atomic E-state index is 11.5. The number of amides is 1. The van der Waals surface area contributed by atoms with Crippen molar-refractivity contribution >= 4 is 23.2 Å². The van der Waals surface area contributed by atoms with E-state index in [0.29, 0.717) is 24.1 Å². The van der Waals surface area contributed by atoms with Crippen molar-refractivity contribution in [2.45, 2.75) is 18.6 Å². The Bertz CT molecular complexity index is 536. The van der Waals surface area contributed by atoms with Crippen molar-refractivity contribution in [2.75, 3.05) is 38.3 Å². The minimum atomic E-state index is -0.404. The molecule has 2 aliphatic rings. The van der Waals surface area contributed by atoms with Gasteiger partial charge in [-0.15, -0.1) is 0 Å². The molecule has 0 aromatic carbocycles. The molecular formula is C14H18ClN3O3. The second-order valence-electron chi connectivity index (χ2n) is 5.18. The molecular weight excluding hydrogens is 294 g/mol. The number of piperidine rings is 1. The third-order valence-corrected chi connectivity index (χ3v) is 4.25. The highest BCUT2D eigenvalue weighted by atomic mass is 35.5. The molecule has 21 heavy (non-hydrogen) atoms. The van der Waals surface area contributed by atoms with Gasteiger partial charge in [-0.25, -0.2) is 4.98 Å². The lowest BCUT2D eigenvalue weighted by atomic mass is 10.0. The molecule has 0 atom stereocenters. The summed E-state index contributed by atoms with van der Waals surface area (Å²) in [7, 11) is 1.57. The zero-order chi connectivity index (χ0) is 14.9. The molecule has 0 bridgehead atoms. The van der Waals surface area contributed by atoms with E-state index in [1.807, 2.05) is 6.07 Å². The van der Waals surface area contributed by atoms with Crippen LogP contribution < -0.4 is 10.2 Å². The lowest BCUT2D eigenvalue weighted by molar-refractivity contribution is -0.169. The van der Waals surface area contributed by atoms with E-state index in [1.54, 1.807) is 13.1 Å². The predicted molar refractivity (Wildman–Crippen MR) is 78.7 cm³/mol. The van der Waals surface area contributed by atoms with Gasteiger partial charge in [-0.05, 0) is 12.1 Å². The molecule has 0 radical (unpaired) electrons. The zero-order valence-corrected chi connectivity index (χ0v) is 12.7. The van der Waals surface area contributed by atoms with Crippen molar-refractivity contribution in [2.24, 2.45) is 0 Å². The molecule has 0 unspecified atom stereocenters. The van der Waals surface area contributed by atoms with E-state index < -0.39 is 5.79 Å². The van der Waals surface area contributed by atoms with Crippen LogP contribution in [0.2, 0.25) is 5.15 Å². The molecule has 6 nitrogen and oxygen atoms in total. The number of rotatable bonds is 2. The van der Waals surface area contributed by atoms with Crippen LogP contribution in [0.4, 0.5) is 5.69 Å². The Balaban J connectivity index is 1.72. The monoisotopic (exact) mass is 311 g/mol. The van der Waals surface area contributed by atoms with Gasteiger partial charge in [-0.1, -0.05) is 11.6 Å². The largest absolute Gasteiger partial charge is 0.369 e. The van der Waals surface area contributed by atoms with Gasteiger partial charge in [0.05, 0.1) is 18.9 Å². The highest BCUT2D eigenvalue weighted by Crippen LogP contribution is 2.34. The second-order valence-corrected chi connectivity index (χ2v) is 5.54.